The SMILES string of the molecule is Nc1nc(Nc2ccc(N3CCNCC3)nc2)nc2c(-c3c(F)cccc3F)cccc12.Nc1nc(Nc2ccc(N3CCOCC3)nc2)nc2c(-c3cc(OCCN4CCOCC4)ccc3F)cccc12. The Morgan fingerprint density at radius 2 is 1.11 bits per heavy atom. The number of nitrogens with two attached hydrogens (primary N) is 2. The first-order valence-corrected chi connectivity index (χ1v) is 23.8. The molecular weight excluding hydrogens is 926 g/mol. The number of fused-ring (bicyclic) bond motifs is 2. The summed E-state index contributed by atoms with van der Waals surface area (Å²) in [4.78, 5) is 33.8. The fourth-order valence-electron chi connectivity index (χ4n) is 8.79. The molecule has 4 aromatic carbocycles. The molecule has 3 saturated heterocycles. The highest BCUT2D eigenvalue weighted by molar-refractivity contribution is 6.00. The van der Waals surface area contributed by atoms with Crippen molar-refractivity contribution >= 4 is 68.3 Å². The van der Waals surface area contributed by atoms with Crippen LogP contribution in [-0.4, -0.2) is 127 Å². The smallest absolute Gasteiger partial charge is 0.229 e. The number of piperazine rings is 1. The number of ether oxygens (including phenoxy) is 3. The van der Waals surface area contributed by atoms with E-state index in [4.69, 9.17) is 30.7 Å². The number of nitrogen functional groups attached to an aromatic ring is 2. The maximum absolute atomic E-state index is 15.1. The Labute approximate surface area is 413 Å². The van der Waals surface area contributed by atoms with E-state index in [0.717, 1.165) is 89.4 Å². The lowest BCUT2D eigenvalue weighted by atomic mass is 10.0. The van der Waals surface area contributed by atoms with Crippen LogP contribution in [0.25, 0.3) is 44.1 Å². The second-order valence-corrected chi connectivity index (χ2v) is 17.2. The van der Waals surface area contributed by atoms with Crippen molar-refractivity contribution in [2.45, 2.75) is 0 Å². The zero-order valence-corrected chi connectivity index (χ0v) is 39.3. The summed E-state index contributed by atoms with van der Waals surface area (Å²) in [7, 11) is 0. The first kappa shape index (κ1) is 47.8. The third-order valence-electron chi connectivity index (χ3n) is 12.5. The van der Waals surface area contributed by atoms with Crippen molar-refractivity contribution in [3.63, 3.8) is 0 Å². The van der Waals surface area contributed by atoms with E-state index in [2.05, 4.69) is 55.6 Å². The number of rotatable bonds is 12. The lowest BCUT2D eigenvalue weighted by molar-refractivity contribution is 0.0322. The molecule has 0 amide bonds. The molecule has 11 rings (SSSR count). The van der Waals surface area contributed by atoms with Crippen molar-refractivity contribution in [3.05, 3.63) is 127 Å². The molecule has 3 fully saturated rings. The first-order chi connectivity index (χ1) is 35.2. The van der Waals surface area contributed by atoms with E-state index in [1.54, 1.807) is 42.7 Å². The number of halogens is 3. The van der Waals surface area contributed by atoms with Crippen molar-refractivity contribution in [2.75, 3.05) is 124 Å². The van der Waals surface area contributed by atoms with Crippen LogP contribution in [0.2, 0.25) is 0 Å². The van der Waals surface area contributed by atoms with Crippen molar-refractivity contribution in [3.8, 4) is 28.0 Å². The summed E-state index contributed by atoms with van der Waals surface area (Å²) >= 11 is 0. The number of para-hydroxylation sites is 2. The number of aromatic nitrogens is 6. The fourth-order valence-corrected chi connectivity index (χ4v) is 8.79. The van der Waals surface area contributed by atoms with Crippen molar-refractivity contribution in [1.29, 1.82) is 0 Å². The molecule has 7 N–H and O–H groups in total. The molecule has 0 bridgehead atoms. The van der Waals surface area contributed by atoms with E-state index in [0.29, 0.717) is 81.5 Å². The molecule has 0 radical (unpaired) electrons. The summed E-state index contributed by atoms with van der Waals surface area (Å²) in [5.41, 5.74) is 15.9. The molecule has 0 spiro atoms. The molecule has 72 heavy (non-hydrogen) atoms. The van der Waals surface area contributed by atoms with Crippen LogP contribution >= 0.6 is 0 Å². The molecule has 370 valence electrons. The summed E-state index contributed by atoms with van der Waals surface area (Å²) in [6.07, 6.45) is 3.43. The van der Waals surface area contributed by atoms with Crippen LogP contribution in [0.5, 0.6) is 5.75 Å². The summed E-state index contributed by atoms with van der Waals surface area (Å²) in [5, 5.41) is 10.8. The minimum Gasteiger partial charge on any atom is -0.492 e. The Kier molecular flexibility index (Phi) is 14.6. The Balaban J connectivity index is 0.000000170. The predicted octanol–water partition coefficient (Wildman–Crippen LogP) is 7.41. The highest BCUT2D eigenvalue weighted by atomic mass is 19.1. The molecule has 0 aliphatic carbocycles. The normalized spacial score (nSPS) is 15.3. The quantitative estimate of drug-likeness (QED) is 0.0809. The summed E-state index contributed by atoms with van der Waals surface area (Å²) < 4.78 is 60.9. The van der Waals surface area contributed by atoms with E-state index >= 15 is 4.39 Å². The van der Waals surface area contributed by atoms with E-state index in [-0.39, 0.29) is 23.1 Å². The van der Waals surface area contributed by atoms with Crippen LogP contribution in [0.15, 0.2) is 109 Å². The molecule has 0 unspecified atom stereocenters. The van der Waals surface area contributed by atoms with Gasteiger partial charge in [-0.05, 0) is 66.7 Å². The molecule has 0 atom stereocenters. The van der Waals surface area contributed by atoms with Gasteiger partial charge in [0, 0.05) is 86.4 Å². The molecular formula is C52H53F3N14O3. The molecule has 17 nitrogen and oxygen atoms in total. The fraction of sp³-hybridized carbons (Fsp3) is 0.269. The molecule has 8 aromatic rings. The Morgan fingerprint density at radius 3 is 1.69 bits per heavy atom. The molecule has 7 heterocycles. The van der Waals surface area contributed by atoms with E-state index in [1.807, 2.05) is 42.5 Å². The number of nitrogens with zero attached hydrogens (tertiary/aromatic N) is 9. The van der Waals surface area contributed by atoms with Crippen LogP contribution in [0.3, 0.4) is 0 Å². The third-order valence-corrected chi connectivity index (χ3v) is 12.5. The number of pyridine rings is 2. The maximum atomic E-state index is 15.1. The zero-order chi connectivity index (χ0) is 49.4. The van der Waals surface area contributed by atoms with Crippen molar-refractivity contribution in [1.82, 2.24) is 40.1 Å². The van der Waals surface area contributed by atoms with Crippen molar-refractivity contribution in [2.24, 2.45) is 0 Å². The van der Waals surface area contributed by atoms with Crippen LogP contribution in [-0.2, 0) is 9.47 Å². The lowest BCUT2D eigenvalue weighted by Crippen LogP contribution is -2.43. The van der Waals surface area contributed by atoms with Crippen LogP contribution in [0, 0.1) is 17.5 Å². The Hall–Kier alpha value is -7.91. The van der Waals surface area contributed by atoms with E-state index in [1.165, 1.54) is 24.3 Å². The number of hydrogen-bond donors (Lipinski definition) is 5. The number of nitrogens with one attached hydrogen (secondary N) is 3. The molecule has 0 saturated carbocycles. The minimum absolute atomic E-state index is 0.149. The van der Waals surface area contributed by atoms with E-state index in [9.17, 15) is 8.78 Å². The van der Waals surface area contributed by atoms with Crippen LogP contribution in [0.1, 0.15) is 0 Å². The standard InChI is InChI=1S/C29H32FN7O3.C23H21F2N7/c30-25-6-5-21(40-17-10-36-8-13-38-14-9-36)18-24(25)22-2-1-3-23-27(22)34-29(35-28(23)31)33-20-4-7-26(32-19-20)37-11-15-39-16-12-37;24-17-5-2-6-18(25)20(17)15-3-1-4-16-21(15)30-23(31-22(16)26)29-14-7-8-19(28-13-14)32-11-9-27-10-12-32/h1-7,18-19H,8-17H2,(H3,31,33,34,35);1-8,13,27H,9-12H2,(H3,26,29,30,31). The zero-order valence-electron chi connectivity index (χ0n) is 39.3. The van der Waals surface area contributed by atoms with Gasteiger partial charge in [-0.3, -0.25) is 4.90 Å². The topological polar surface area (TPSA) is 203 Å². The van der Waals surface area contributed by atoms with Gasteiger partial charge in [0.25, 0.3) is 0 Å². The van der Waals surface area contributed by atoms with Crippen molar-refractivity contribution < 1.29 is 27.4 Å². The van der Waals surface area contributed by atoms with Gasteiger partial charge in [-0.25, -0.2) is 33.1 Å². The largest absolute Gasteiger partial charge is 0.492 e. The van der Waals surface area contributed by atoms with Gasteiger partial charge in [-0.15, -0.1) is 0 Å². The van der Waals surface area contributed by atoms with Crippen LogP contribution in [0.4, 0.5) is 59.7 Å². The Morgan fingerprint density at radius 1 is 0.569 bits per heavy atom. The van der Waals surface area contributed by atoms with Gasteiger partial charge in [0.1, 0.15) is 53.1 Å². The number of anilines is 8. The van der Waals surface area contributed by atoms with Gasteiger partial charge in [0.2, 0.25) is 11.9 Å². The number of benzene rings is 4. The van der Waals surface area contributed by atoms with Gasteiger partial charge in [0.05, 0.1) is 66.8 Å². The lowest BCUT2D eigenvalue weighted by Gasteiger charge is -2.28. The third kappa shape index (κ3) is 11.0. The highest BCUT2D eigenvalue weighted by Gasteiger charge is 2.20. The van der Waals surface area contributed by atoms with Gasteiger partial charge in [-0.2, -0.15) is 9.97 Å². The van der Waals surface area contributed by atoms with Gasteiger partial charge < -0.3 is 51.4 Å². The molecule has 3 aliphatic rings. The predicted molar refractivity (Wildman–Crippen MR) is 275 cm³/mol. The average molecular weight is 979 g/mol. The molecule has 20 heteroatoms. The van der Waals surface area contributed by atoms with Gasteiger partial charge >= 0.3 is 0 Å². The molecule has 4 aromatic heterocycles. The second kappa shape index (κ2) is 22.0. The van der Waals surface area contributed by atoms with E-state index < -0.39 is 11.6 Å². The highest BCUT2D eigenvalue weighted by Crippen LogP contribution is 2.36. The second-order valence-electron chi connectivity index (χ2n) is 17.2. The summed E-state index contributed by atoms with van der Waals surface area (Å²) in [6, 6.07) is 26.7. The summed E-state index contributed by atoms with van der Waals surface area (Å²) in [5.74, 6) is 1.69. The maximum Gasteiger partial charge on any atom is 0.229 e. The van der Waals surface area contributed by atoms with Crippen LogP contribution < -0.4 is 42.0 Å². The summed E-state index contributed by atoms with van der Waals surface area (Å²) in [6.45, 7) is 11.2. The number of morpholine rings is 2. The number of hydrogen-bond acceptors (Lipinski definition) is 17. The molecule has 3 aliphatic heterocycles. The minimum atomic E-state index is -0.670. The van der Waals surface area contributed by atoms with Gasteiger partial charge in [0.15, 0.2) is 0 Å². The Bertz CT molecular complexity index is 3130. The first-order valence-electron chi connectivity index (χ1n) is 23.8. The van der Waals surface area contributed by atoms with Gasteiger partial charge in [-0.1, -0.05) is 30.3 Å². The monoisotopic (exact) mass is 978 g/mol. The average Bonchev–Trinajstić information content (AvgIpc) is 3.41.